The fourth-order valence-electron chi connectivity index (χ4n) is 7.25. The summed E-state index contributed by atoms with van der Waals surface area (Å²) in [5.41, 5.74) is 1.76. The first kappa shape index (κ1) is 32.9. The SMILES string of the molecule is C=CC(=O)N[C@H]1CC(C2CCCC2)CC[C@H]1Nc1ncc2c(n1)N(Cc1cnn(C)c1)C(=O)N(c1c(Cl)c(OC)cc(OC)c1Cl)C2. The standard InChI is InChI=1S/C33H40Cl2N8O4/c1-5-27(44)38-24-12-21(20-8-6-7-9-20)10-11-23(24)39-32-36-15-22-18-42(30-28(34)25(46-3)13-26(47-4)29(30)35)33(45)43(31(22)40-32)17-19-14-37-41(2)16-19/h5,13-16,20-21,23-24H,1,6-12,17-18H2,2-4H3,(H,38,44)(H,36,39,40)/t21?,23-,24+/m1/s1. The van der Waals surface area contributed by atoms with E-state index in [0.717, 1.165) is 24.8 Å². The van der Waals surface area contributed by atoms with Gasteiger partial charge in [0.05, 0.1) is 39.2 Å². The molecule has 3 atom stereocenters. The van der Waals surface area contributed by atoms with Gasteiger partial charge in [0.2, 0.25) is 11.9 Å². The molecule has 0 saturated heterocycles. The zero-order valence-electron chi connectivity index (χ0n) is 26.8. The molecule has 3 heterocycles. The number of amides is 3. The molecule has 0 spiro atoms. The Kier molecular flexibility index (Phi) is 9.79. The Balaban J connectivity index is 1.33. The third kappa shape index (κ3) is 6.71. The maximum Gasteiger partial charge on any atom is 0.330 e. The Labute approximate surface area is 284 Å². The van der Waals surface area contributed by atoms with Crippen LogP contribution in [0.3, 0.4) is 0 Å². The quantitative estimate of drug-likeness (QED) is 0.245. The number of rotatable bonds is 10. The zero-order valence-corrected chi connectivity index (χ0v) is 28.4. The Morgan fingerprint density at radius 2 is 1.79 bits per heavy atom. The van der Waals surface area contributed by atoms with E-state index in [1.54, 1.807) is 28.0 Å². The predicted octanol–water partition coefficient (Wildman–Crippen LogP) is 6.12. The number of carbonyl (C=O) groups excluding carboxylic acids is 2. The molecule has 14 heteroatoms. The van der Waals surface area contributed by atoms with Gasteiger partial charge in [0, 0.05) is 48.7 Å². The smallest absolute Gasteiger partial charge is 0.330 e. The van der Waals surface area contributed by atoms with Gasteiger partial charge in [-0.15, -0.1) is 0 Å². The topological polar surface area (TPSA) is 127 Å². The lowest BCUT2D eigenvalue weighted by Gasteiger charge is -2.39. The fraction of sp³-hybridized carbons (Fsp3) is 0.485. The first-order valence-electron chi connectivity index (χ1n) is 15.9. The molecule has 47 heavy (non-hydrogen) atoms. The normalized spacial score (nSPS) is 21.4. The zero-order chi connectivity index (χ0) is 33.2. The van der Waals surface area contributed by atoms with Crippen molar-refractivity contribution in [2.24, 2.45) is 18.9 Å². The van der Waals surface area contributed by atoms with Crippen LogP contribution in [0.5, 0.6) is 11.5 Å². The lowest BCUT2D eigenvalue weighted by atomic mass is 9.75. The monoisotopic (exact) mass is 682 g/mol. The van der Waals surface area contributed by atoms with Crippen molar-refractivity contribution < 1.29 is 19.1 Å². The predicted molar refractivity (Wildman–Crippen MR) is 181 cm³/mol. The van der Waals surface area contributed by atoms with Crippen LogP contribution in [0.2, 0.25) is 10.0 Å². The summed E-state index contributed by atoms with van der Waals surface area (Å²) in [7, 11) is 4.78. The van der Waals surface area contributed by atoms with Gasteiger partial charge in [0.25, 0.3) is 0 Å². The molecule has 1 aromatic carbocycles. The highest BCUT2D eigenvalue weighted by molar-refractivity contribution is 6.42. The van der Waals surface area contributed by atoms with E-state index in [1.807, 2.05) is 13.2 Å². The van der Waals surface area contributed by atoms with Crippen LogP contribution >= 0.6 is 23.2 Å². The Morgan fingerprint density at radius 3 is 2.43 bits per heavy atom. The van der Waals surface area contributed by atoms with Crippen LogP contribution < -0.4 is 29.9 Å². The maximum absolute atomic E-state index is 14.4. The number of ether oxygens (including phenoxy) is 2. The summed E-state index contributed by atoms with van der Waals surface area (Å²) in [5, 5.41) is 11.3. The number of anilines is 3. The van der Waals surface area contributed by atoms with Crippen LogP contribution in [0.25, 0.3) is 0 Å². The molecule has 1 unspecified atom stereocenters. The first-order chi connectivity index (χ1) is 22.7. The van der Waals surface area contributed by atoms with E-state index in [-0.39, 0.29) is 46.8 Å². The van der Waals surface area contributed by atoms with Crippen molar-refractivity contribution in [2.45, 2.75) is 70.1 Å². The van der Waals surface area contributed by atoms with Crippen molar-refractivity contribution in [3.05, 3.63) is 58.5 Å². The Morgan fingerprint density at radius 1 is 1.06 bits per heavy atom. The minimum atomic E-state index is -0.390. The molecular formula is C33H40Cl2N8O4. The molecule has 2 aliphatic carbocycles. The molecule has 2 fully saturated rings. The number of nitrogens with zero attached hydrogens (tertiary/aromatic N) is 6. The van der Waals surface area contributed by atoms with Crippen molar-refractivity contribution in [1.82, 2.24) is 25.1 Å². The van der Waals surface area contributed by atoms with Crippen LogP contribution in [-0.4, -0.2) is 58.0 Å². The molecule has 0 bridgehead atoms. The summed E-state index contributed by atoms with van der Waals surface area (Å²) < 4.78 is 12.6. The summed E-state index contributed by atoms with van der Waals surface area (Å²) in [6.07, 6.45) is 14.5. The molecule has 3 amide bonds. The van der Waals surface area contributed by atoms with Gasteiger partial charge in [0.1, 0.15) is 27.4 Å². The van der Waals surface area contributed by atoms with Gasteiger partial charge in [-0.2, -0.15) is 10.1 Å². The number of aryl methyl sites for hydroxylation is 1. The van der Waals surface area contributed by atoms with Crippen molar-refractivity contribution in [3.8, 4) is 11.5 Å². The molecule has 2 aromatic heterocycles. The number of hydrogen-bond acceptors (Lipinski definition) is 8. The van der Waals surface area contributed by atoms with Crippen molar-refractivity contribution in [1.29, 1.82) is 0 Å². The molecule has 2 saturated carbocycles. The number of fused-ring (bicyclic) bond motifs is 1. The van der Waals surface area contributed by atoms with Crippen LogP contribution in [0, 0.1) is 11.8 Å². The highest BCUT2D eigenvalue weighted by atomic mass is 35.5. The van der Waals surface area contributed by atoms with Crippen LogP contribution in [-0.2, 0) is 24.9 Å². The minimum Gasteiger partial charge on any atom is -0.495 e. The second-order valence-corrected chi connectivity index (χ2v) is 13.2. The molecule has 1 aliphatic heterocycles. The maximum atomic E-state index is 14.4. The van der Waals surface area contributed by atoms with E-state index >= 15 is 0 Å². The molecular weight excluding hydrogens is 643 g/mol. The van der Waals surface area contributed by atoms with E-state index < -0.39 is 6.03 Å². The van der Waals surface area contributed by atoms with Crippen molar-refractivity contribution in [3.63, 3.8) is 0 Å². The third-order valence-electron chi connectivity index (χ3n) is 9.59. The number of nitrogens with one attached hydrogen (secondary N) is 2. The largest absolute Gasteiger partial charge is 0.495 e. The van der Waals surface area contributed by atoms with E-state index in [2.05, 4.69) is 27.3 Å². The number of carbonyl (C=O) groups is 2. The Bertz CT molecular complexity index is 1630. The van der Waals surface area contributed by atoms with Gasteiger partial charge >= 0.3 is 6.03 Å². The van der Waals surface area contributed by atoms with E-state index in [9.17, 15) is 9.59 Å². The van der Waals surface area contributed by atoms with Gasteiger partial charge in [-0.25, -0.2) is 9.78 Å². The fourth-order valence-corrected chi connectivity index (χ4v) is 7.95. The van der Waals surface area contributed by atoms with E-state index in [0.29, 0.717) is 40.7 Å². The number of urea groups is 1. The van der Waals surface area contributed by atoms with Gasteiger partial charge < -0.3 is 20.1 Å². The summed E-state index contributed by atoms with van der Waals surface area (Å²) >= 11 is 13.5. The lowest BCUT2D eigenvalue weighted by molar-refractivity contribution is -0.117. The molecule has 6 rings (SSSR count). The number of hydrogen-bond donors (Lipinski definition) is 2. The highest BCUT2D eigenvalue weighted by Gasteiger charge is 2.39. The summed E-state index contributed by atoms with van der Waals surface area (Å²) in [6, 6.07) is 1.00. The number of benzene rings is 1. The molecule has 0 radical (unpaired) electrons. The van der Waals surface area contributed by atoms with E-state index in [4.69, 9.17) is 37.7 Å². The number of halogens is 2. The number of methoxy groups -OCH3 is 2. The molecule has 2 N–H and O–H groups in total. The molecule has 3 aromatic rings. The van der Waals surface area contributed by atoms with E-state index in [1.165, 1.54) is 50.9 Å². The summed E-state index contributed by atoms with van der Waals surface area (Å²) in [4.78, 5) is 39.4. The van der Waals surface area contributed by atoms with Crippen LogP contribution in [0.4, 0.5) is 22.2 Å². The second kappa shape index (κ2) is 14.0. The number of aromatic nitrogens is 4. The summed E-state index contributed by atoms with van der Waals surface area (Å²) in [6.45, 7) is 3.95. The molecule has 3 aliphatic rings. The minimum absolute atomic E-state index is 0.0842. The van der Waals surface area contributed by atoms with Gasteiger partial charge in [0.15, 0.2) is 0 Å². The van der Waals surface area contributed by atoms with Gasteiger partial charge in [-0.05, 0) is 37.2 Å². The first-order valence-corrected chi connectivity index (χ1v) is 16.7. The van der Waals surface area contributed by atoms with Crippen LogP contribution in [0.15, 0.2) is 37.3 Å². The Hall–Kier alpha value is -4.03. The lowest BCUT2D eigenvalue weighted by Crippen LogP contribution is -2.51. The highest BCUT2D eigenvalue weighted by Crippen LogP contribution is 2.48. The van der Waals surface area contributed by atoms with Crippen molar-refractivity contribution in [2.75, 3.05) is 29.3 Å². The van der Waals surface area contributed by atoms with Gasteiger partial charge in [-0.1, -0.05) is 55.5 Å². The average Bonchev–Trinajstić information content (AvgIpc) is 3.76. The second-order valence-electron chi connectivity index (χ2n) is 12.5. The van der Waals surface area contributed by atoms with Crippen molar-refractivity contribution >= 4 is 52.6 Å². The van der Waals surface area contributed by atoms with Crippen LogP contribution in [0.1, 0.15) is 56.1 Å². The molecule has 12 nitrogen and oxygen atoms in total. The third-order valence-corrected chi connectivity index (χ3v) is 10.3. The van der Waals surface area contributed by atoms with Gasteiger partial charge in [-0.3, -0.25) is 19.3 Å². The summed E-state index contributed by atoms with van der Waals surface area (Å²) in [5.74, 6) is 2.56. The average molecular weight is 684 g/mol. The molecule has 250 valence electrons.